The molecular weight excluding hydrogens is 448 g/mol. The van der Waals surface area contributed by atoms with E-state index in [9.17, 15) is 4.79 Å². The van der Waals surface area contributed by atoms with Crippen LogP contribution in [0.1, 0.15) is 27.9 Å². The van der Waals surface area contributed by atoms with Gasteiger partial charge in [0, 0.05) is 54.2 Å². The van der Waals surface area contributed by atoms with Crippen LogP contribution >= 0.6 is 0 Å². The first kappa shape index (κ1) is 23.7. The molecule has 1 aliphatic heterocycles. The lowest BCUT2D eigenvalue weighted by molar-refractivity contribution is -0.110. The number of hydrogen-bond donors (Lipinski definition) is 2. The first-order valence-corrected chi connectivity index (χ1v) is 12.0. The van der Waals surface area contributed by atoms with Gasteiger partial charge in [0.25, 0.3) is 5.91 Å². The van der Waals surface area contributed by atoms with Gasteiger partial charge >= 0.3 is 0 Å². The maximum Gasteiger partial charge on any atom is 0.256 e. The fourth-order valence-corrected chi connectivity index (χ4v) is 4.33. The van der Waals surface area contributed by atoms with Crippen molar-refractivity contribution in [2.45, 2.75) is 6.54 Å². The van der Waals surface area contributed by atoms with Gasteiger partial charge in [-0.15, -0.1) is 0 Å². The third kappa shape index (κ3) is 5.27. The van der Waals surface area contributed by atoms with E-state index in [2.05, 4.69) is 63.6 Å². The lowest BCUT2D eigenvalue weighted by atomic mass is 10.0. The number of carbonyl (C=O) groups is 1. The predicted octanol–water partition coefficient (Wildman–Crippen LogP) is 4.61. The molecule has 0 bridgehead atoms. The third-order valence-electron chi connectivity index (χ3n) is 6.32. The molecule has 0 saturated carbocycles. The number of benzene rings is 2. The highest BCUT2D eigenvalue weighted by molar-refractivity contribution is 6.35. The van der Waals surface area contributed by atoms with Crippen LogP contribution in [0.4, 0.5) is 5.69 Å². The number of pyridine rings is 1. The Morgan fingerprint density at radius 2 is 1.75 bits per heavy atom. The number of anilines is 1. The number of H-pyrrole nitrogens is 1. The molecule has 2 aromatic carbocycles. The molecular formula is C29H30N6O. The van der Waals surface area contributed by atoms with Crippen LogP contribution in [0.3, 0.4) is 0 Å². The molecule has 5 rings (SSSR count). The van der Waals surface area contributed by atoms with E-state index in [0.717, 1.165) is 58.6 Å². The highest BCUT2D eigenvalue weighted by Crippen LogP contribution is 2.34. The van der Waals surface area contributed by atoms with Crippen molar-refractivity contribution in [2.24, 2.45) is 0 Å². The minimum absolute atomic E-state index is 0.0752. The van der Waals surface area contributed by atoms with Gasteiger partial charge in [0.2, 0.25) is 0 Å². The Morgan fingerprint density at radius 1 is 0.917 bits per heavy atom. The lowest BCUT2D eigenvalue weighted by Gasteiger charge is -2.19. The fourth-order valence-electron chi connectivity index (χ4n) is 4.33. The van der Waals surface area contributed by atoms with Crippen LogP contribution in [-0.2, 0) is 11.3 Å². The average molecular weight is 479 g/mol. The SMILES string of the molecule is CN(C)CCN(C)Cc1ccc2c(c1)C(=Cc1ccc3c(/C=C/c4ccncc4)n[nH]c3c1)C(=O)N2. The molecule has 1 aliphatic rings. The Kier molecular flexibility index (Phi) is 6.75. The lowest BCUT2D eigenvalue weighted by Crippen LogP contribution is -2.28. The van der Waals surface area contributed by atoms with Gasteiger partial charge in [0.1, 0.15) is 0 Å². The summed E-state index contributed by atoms with van der Waals surface area (Å²) in [6, 6.07) is 16.2. The van der Waals surface area contributed by atoms with Crippen LogP contribution in [0.2, 0.25) is 0 Å². The second-order valence-electron chi connectivity index (χ2n) is 9.46. The summed E-state index contributed by atoms with van der Waals surface area (Å²) in [5.41, 5.74) is 7.48. The van der Waals surface area contributed by atoms with Crippen molar-refractivity contribution >= 4 is 46.3 Å². The number of likely N-dealkylation sites (N-methyl/N-ethyl adjacent to an activating group) is 2. The van der Waals surface area contributed by atoms with Gasteiger partial charge in [0.15, 0.2) is 0 Å². The van der Waals surface area contributed by atoms with E-state index in [1.54, 1.807) is 12.4 Å². The maximum absolute atomic E-state index is 12.8. The number of aromatic nitrogens is 3. The molecule has 0 fully saturated rings. The Balaban J connectivity index is 1.38. The molecule has 4 aromatic rings. The number of carbonyl (C=O) groups excluding carboxylic acids is 1. The third-order valence-corrected chi connectivity index (χ3v) is 6.32. The standard InChI is InChI=1S/C29H30N6O/c1-34(2)14-15-35(3)19-22-6-8-26-24(17-22)25(29(36)31-26)16-21-4-7-23-27(32-33-28(23)18-21)9-5-20-10-12-30-13-11-20/h4-13,16-18H,14-15,19H2,1-3H3,(H,31,36)(H,32,33)/b9-5+,25-16?. The summed E-state index contributed by atoms with van der Waals surface area (Å²) in [5.74, 6) is -0.0752. The van der Waals surface area contributed by atoms with Crippen molar-refractivity contribution < 1.29 is 4.79 Å². The Hall–Kier alpha value is -4.07. The summed E-state index contributed by atoms with van der Waals surface area (Å²) in [5, 5.41) is 11.6. The fraction of sp³-hybridized carbons (Fsp3) is 0.207. The quantitative estimate of drug-likeness (QED) is 0.362. The molecule has 1 amide bonds. The summed E-state index contributed by atoms with van der Waals surface area (Å²) in [6.07, 6.45) is 9.50. The average Bonchev–Trinajstić information content (AvgIpc) is 3.42. The van der Waals surface area contributed by atoms with Crippen LogP contribution in [0.25, 0.3) is 34.7 Å². The van der Waals surface area contributed by atoms with E-state index in [0.29, 0.717) is 5.57 Å². The number of amides is 1. The largest absolute Gasteiger partial charge is 0.321 e. The molecule has 3 heterocycles. The molecule has 0 saturated heterocycles. The second kappa shape index (κ2) is 10.3. The highest BCUT2D eigenvalue weighted by atomic mass is 16.2. The van der Waals surface area contributed by atoms with Gasteiger partial charge < -0.3 is 15.1 Å². The van der Waals surface area contributed by atoms with E-state index >= 15 is 0 Å². The van der Waals surface area contributed by atoms with Crippen molar-refractivity contribution in [1.29, 1.82) is 0 Å². The number of hydrogen-bond acceptors (Lipinski definition) is 5. The molecule has 0 atom stereocenters. The van der Waals surface area contributed by atoms with Crippen LogP contribution < -0.4 is 5.32 Å². The van der Waals surface area contributed by atoms with Gasteiger partial charge in [-0.2, -0.15) is 5.10 Å². The van der Waals surface area contributed by atoms with Crippen molar-refractivity contribution in [3.05, 3.63) is 88.9 Å². The topological polar surface area (TPSA) is 77.2 Å². The van der Waals surface area contributed by atoms with E-state index in [1.807, 2.05) is 54.6 Å². The minimum Gasteiger partial charge on any atom is -0.321 e. The molecule has 0 spiro atoms. The Morgan fingerprint density at radius 3 is 2.56 bits per heavy atom. The summed E-state index contributed by atoms with van der Waals surface area (Å²) < 4.78 is 0. The van der Waals surface area contributed by atoms with Crippen LogP contribution in [0.5, 0.6) is 0 Å². The zero-order valence-corrected chi connectivity index (χ0v) is 20.8. The van der Waals surface area contributed by atoms with Crippen LogP contribution in [-0.4, -0.2) is 65.1 Å². The highest BCUT2D eigenvalue weighted by Gasteiger charge is 2.24. The Bertz CT molecular complexity index is 1450. The van der Waals surface area contributed by atoms with E-state index in [-0.39, 0.29) is 5.91 Å². The zero-order valence-electron chi connectivity index (χ0n) is 20.8. The molecule has 0 unspecified atom stereocenters. The number of aromatic amines is 1. The number of nitrogens with one attached hydrogen (secondary N) is 2. The van der Waals surface area contributed by atoms with Crippen LogP contribution in [0.15, 0.2) is 60.9 Å². The molecule has 0 aliphatic carbocycles. The number of rotatable bonds is 8. The van der Waals surface area contributed by atoms with Gasteiger partial charge in [-0.25, -0.2) is 0 Å². The van der Waals surface area contributed by atoms with Crippen molar-refractivity contribution in [1.82, 2.24) is 25.0 Å². The summed E-state index contributed by atoms with van der Waals surface area (Å²) >= 11 is 0. The molecule has 2 N–H and O–H groups in total. The van der Waals surface area contributed by atoms with E-state index in [1.165, 1.54) is 5.56 Å². The summed E-state index contributed by atoms with van der Waals surface area (Å²) in [7, 11) is 6.29. The first-order chi connectivity index (χ1) is 17.5. The normalized spacial score (nSPS) is 14.5. The van der Waals surface area contributed by atoms with Gasteiger partial charge in [-0.05, 0) is 86.4 Å². The predicted molar refractivity (Wildman–Crippen MR) is 147 cm³/mol. The smallest absolute Gasteiger partial charge is 0.256 e. The second-order valence-corrected chi connectivity index (χ2v) is 9.46. The van der Waals surface area contributed by atoms with Gasteiger partial charge in [-0.3, -0.25) is 14.9 Å². The van der Waals surface area contributed by atoms with E-state index < -0.39 is 0 Å². The van der Waals surface area contributed by atoms with E-state index in [4.69, 9.17) is 0 Å². The molecule has 0 radical (unpaired) electrons. The molecule has 182 valence electrons. The first-order valence-electron chi connectivity index (χ1n) is 12.0. The summed E-state index contributed by atoms with van der Waals surface area (Å²) in [6.45, 7) is 2.82. The molecule has 7 heteroatoms. The number of nitrogens with zero attached hydrogens (tertiary/aromatic N) is 4. The minimum atomic E-state index is -0.0752. The van der Waals surface area contributed by atoms with Gasteiger partial charge in [0.05, 0.1) is 11.2 Å². The summed E-state index contributed by atoms with van der Waals surface area (Å²) in [4.78, 5) is 21.3. The van der Waals surface area contributed by atoms with Crippen molar-refractivity contribution in [3.8, 4) is 0 Å². The maximum atomic E-state index is 12.8. The molecule has 7 nitrogen and oxygen atoms in total. The monoisotopic (exact) mass is 478 g/mol. The zero-order chi connectivity index (χ0) is 25.1. The van der Waals surface area contributed by atoms with Gasteiger partial charge in [-0.1, -0.05) is 18.2 Å². The van der Waals surface area contributed by atoms with Crippen molar-refractivity contribution in [3.63, 3.8) is 0 Å². The number of fused-ring (bicyclic) bond motifs is 2. The molecule has 36 heavy (non-hydrogen) atoms. The van der Waals surface area contributed by atoms with Crippen molar-refractivity contribution in [2.75, 3.05) is 39.5 Å². The van der Waals surface area contributed by atoms with Crippen LogP contribution in [0, 0.1) is 0 Å². The Labute approximate surface area is 211 Å². The molecule has 2 aromatic heterocycles.